The highest BCUT2D eigenvalue weighted by Crippen LogP contribution is 2.41. The molecule has 162 valence electrons. The first-order valence-corrected chi connectivity index (χ1v) is 12.3. The van der Waals surface area contributed by atoms with E-state index in [1.54, 1.807) is 17.7 Å². The van der Waals surface area contributed by atoms with Crippen molar-refractivity contribution in [1.29, 1.82) is 0 Å². The normalized spacial score (nSPS) is 24.9. The Morgan fingerprint density at radius 2 is 1.79 bits per heavy atom. The van der Waals surface area contributed by atoms with Gasteiger partial charge in [-0.05, 0) is 86.8 Å². The minimum absolute atomic E-state index is 0.219. The van der Waals surface area contributed by atoms with Crippen LogP contribution < -0.4 is 4.74 Å². The zero-order valence-electron chi connectivity index (χ0n) is 18.7. The van der Waals surface area contributed by atoms with E-state index in [9.17, 15) is 4.39 Å². The van der Waals surface area contributed by atoms with Gasteiger partial charge in [-0.1, -0.05) is 63.7 Å². The van der Waals surface area contributed by atoms with E-state index in [0.717, 1.165) is 42.6 Å². The molecule has 1 unspecified atom stereocenters. The molecule has 2 heteroatoms. The number of benzene rings is 1. The molecule has 3 rings (SSSR count). The first-order chi connectivity index (χ1) is 14.2. The molecule has 0 radical (unpaired) electrons. The Balaban J connectivity index is 1.41. The van der Waals surface area contributed by atoms with Crippen molar-refractivity contribution in [2.75, 3.05) is 6.61 Å². The summed E-state index contributed by atoms with van der Waals surface area (Å²) in [4.78, 5) is 0. The van der Waals surface area contributed by atoms with Crippen molar-refractivity contribution in [3.05, 3.63) is 41.2 Å². The molecule has 0 aromatic heterocycles. The first kappa shape index (κ1) is 22.4. The number of aryl methyl sites for hydroxylation is 1. The Bertz CT molecular complexity index is 642. The Morgan fingerprint density at radius 3 is 2.45 bits per heavy atom. The second-order valence-electron chi connectivity index (χ2n) is 9.43. The third-order valence-corrected chi connectivity index (χ3v) is 7.26. The third kappa shape index (κ3) is 6.86. The Kier molecular flexibility index (Phi) is 9.08. The molecule has 1 nitrogen and oxygen atoms in total. The van der Waals surface area contributed by atoms with Gasteiger partial charge in [0.25, 0.3) is 0 Å². The Hall–Kier alpha value is -1.31. The summed E-state index contributed by atoms with van der Waals surface area (Å²) in [5, 5.41) is 0. The fraction of sp³-hybridized carbons (Fsp3) is 0.704. The van der Waals surface area contributed by atoms with Crippen LogP contribution in [0.5, 0.6) is 5.75 Å². The molecule has 29 heavy (non-hydrogen) atoms. The number of unbranched alkanes of at least 4 members (excludes halogenated alkanes) is 1. The number of rotatable bonds is 10. The predicted molar refractivity (Wildman–Crippen MR) is 121 cm³/mol. The maximum absolute atomic E-state index is 14.2. The molecule has 0 heterocycles. The average Bonchev–Trinajstić information content (AvgIpc) is 2.76. The molecule has 2 aliphatic carbocycles. The summed E-state index contributed by atoms with van der Waals surface area (Å²) in [6.45, 7) is 4.92. The lowest BCUT2D eigenvalue weighted by Crippen LogP contribution is -2.23. The third-order valence-electron chi connectivity index (χ3n) is 7.26. The summed E-state index contributed by atoms with van der Waals surface area (Å²) in [6.07, 6.45) is 19.4. The van der Waals surface area contributed by atoms with Gasteiger partial charge in [-0.25, -0.2) is 4.39 Å². The van der Waals surface area contributed by atoms with Gasteiger partial charge in [-0.3, -0.25) is 0 Å². The summed E-state index contributed by atoms with van der Waals surface area (Å²) in [5.74, 6) is 3.07. The topological polar surface area (TPSA) is 9.23 Å². The molecular formula is C27H41FO. The highest BCUT2D eigenvalue weighted by molar-refractivity contribution is 5.30. The molecule has 1 aromatic carbocycles. The van der Waals surface area contributed by atoms with Crippen molar-refractivity contribution >= 4 is 0 Å². The second kappa shape index (κ2) is 11.8. The van der Waals surface area contributed by atoms with Gasteiger partial charge in [0.05, 0.1) is 6.61 Å². The van der Waals surface area contributed by atoms with Crippen molar-refractivity contribution < 1.29 is 9.13 Å². The highest BCUT2D eigenvalue weighted by atomic mass is 19.1. The van der Waals surface area contributed by atoms with Gasteiger partial charge >= 0.3 is 0 Å². The number of ether oxygens (including phenoxy) is 1. The zero-order chi connectivity index (χ0) is 20.5. The summed E-state index contributed by atoms with van der Waals surface area (Å²) < 4.78 is 19.6. The van der Waals surface area contributed by atoms with Gasteiger partial charge in [-0.2, -0.15) is 0 Å². The molecule has 1 atom stereocenters. The van der Waals surface area contributed by atoms with Crippen LogP contribution in [0.15, 0.2) is 29.8 Å². The number of hydrogen-bond donors (Lipinski definition) is 0. The molecule has 0 aliphatic heterocycles. The molecule has 0 bridgehead atoms. The lowest BCUT2D eigenvalue weighted by atomic mass is 9.70. The van der Waals surface area contributed by atoms with Crippen LogP contribution in [0.3, 0.4) is 0 Å². The van der Waals surface area contributed by atoms with Gasteiger partial charge in [0.1, 0.15) is 0 Å². The SMILES string of the molecule is CCCC[C@H]1CC[C@H](C2CC=C(CCc3ccc(OCCC)c(F)c3)CC2)CC1. The van der Waals surface area contributed by atoms with Crippen molar-refractivity contribution in [1.82, 2.24) is 0 Å². The van der Waals surface area contributed by atoms with Crippen LogP contribution in [-0.2, 0) is 6.42 Å². The van der Waals surface area contributed by atoms with Crippen LogP contribution in [0, 0.1) is 23.6 Å². The first-order valence-electron chi connectivity index (χ1n) is 12.3. The maximum atomic E-state index is 14.2. The summed E-state index contributed by atoms with van der Waals surface area (Å²) >= 11 is 0. The fourth-order valence-electron chi connectivity index (χ4n) is 5.34. The van der Waals surface area contributed by atoms with E-state index in [1.165, 1.54) is 64.2 Å². The molecule has 0 saturated heterocycles. The van der Waals surface area contributed by atoms with E-state index in [0.29, 0.717) is 12.4 Å². The average molecular weight is 401 g/mol. The van der Waals surface area contributed by atoms with Crippen molar-refractivity contribution in [3.8, 4) is 5.75 Å². The highest BCUT2D eigenvalue weighted by Gasteiger charge is 2.28. The monoisotopic (exact) mass is 400 g/mol. The van der Waals surface area contributed by atoms with Crippen LogP contribution in [-0.4, -0.2) is 6.61 Å². The van der Waals surface area contributed by atoms with Crippen molar-refractivity contribution in [2.24, 2.45) is 17.8 Å². The zero-order valence-corrected chi connectivity index (χ0v) is 18.7. The fourth-order valence-corrected chi connectivity index (χ4v) is 5.34. The Labute approximate surface area is 178 Å². The number of hydrogen-bond acceptors (Lipinski definition) is 1. The van der Waals surface area contributed by atoms with E-state index in [-0.39, 0.29) is 5.82 Å². The van der Waals surface area contributed by atoms with Crippen LogP contribution in [0.2, 0.25) is 0 Å². The standard InChI is InChI=1S/C27H41FO/c1-3-5-6-21-9-14-24(15-10-21)25-16-11-22(12-17-25)7-8-23-13-18-27(26(28)20-23)29-19-4-2/h11,13,18,20-21,24-25H,3-10,12,14-17,19H2,1-2H3/t21-,24-,25?. The molecule has 1 aromatic rings. The van der Waals surface area contributed by atoms with Gasteiger partial charge in [0.15, 0.2) is 11.6 Å². The number of halogens is 1. The molecule has 0 spiro atoms. The smallest absolute Gasteiger partial charge is 0.165 e. The predicted octanol–water partition coefficient (Wildman–Crippen LogP) is 8.27. The van der Waals surface area contributed by atoms with E-state index in [4.69, 9.17) is 4.74 Å². The van der Waals surface area contributed by atoms with Crippen molar-refractivity contribution in [3.63, 3.8) is 0 Å². The Morgan fingerprint density at radius 1 is 0.966 bits per heavy atom. The van der Waals surface area contributed by atoms with Crippen LogP contribution in [0.1, 0.15) is 96.5 Å². The molecular weight excluding hydrogens is 359 g/mol. The van der Waals surface area contributed by atoms with E-state index in [2.05, 4.69) is 13.0 Å². The quantitative estimate of drug-likeness (QED) is 0.359. The van der Waals surface area contributed by atoms with Crippen LogP contribution >= 0.6 is 0 Å². The molecule has 2 aliphatic rings. The van der Waals surface area contributed by atoms with E-state index in [1.807, 2.05) is 13.0 Å². The summed E-state index contributed by atoms with van der Waals surface area (Å²) in [7, 11) is 0. The van der Waals surface area contributed by atoms with Crippen molar-refractivity contribution in [2.45, 2.75) is 97.3 Å². The summed E-state index contributed by atoms with van der Waals surface area (Å²) in [6, 6.07) is 5.48. The van der Waals surface area contributed by atoms with Crippen LogP contribution in [0.4, 0.5) is 4.39 Å². The number of allylic oxidation sites excluding steroid dienone is 2. The minimum atomic E-state index is -0.219. The molecule has 1 saturated carbocycles. The van der Waals surface area contributed by atoms with Gasteiger partial charge in [0.2, 0.25) is 0 Å². The molecule has 0 amide bonds. The van der Waals surface area contributed by atoms with Gasteiger partial charge in [0, 0.05) is 0 Å². The van der Waals surface area contributed by atoms with E-state index >= 15 is 0 Å². The maximum Gasteiger partial charge on any atom is 0.165 e. The lowest BCUT2D eigenvalue weighted by Gasteiger charge is -2.35. The van der Waals surface area contributed by atoms with Gasteiger partial charge in [-0.15, -0.1) is 0 Å². The minimum Gasteiger partial charge on any atom is -0.491 e. The molecule has 0 N–H and O–H groups in total. The second-order valence-corrected chi connectivity index (χ2v) is 9.43. The molecule has 1 fully saturated rings. The largest absolute Gasteiger partial charge is 0.491 e. The lowest BCUT2D eigenvalue weighted by molar-refractivity contribution is 0.185. The summed E-state index contributed by atoms with van der Waals surface area (Å²) in [5.41, 5.74) is 2.67. The van der Waals surface area contributed by atoms with Crippen LogP contribution in [0.25, 0.3) is 0 Å². The van der Waals surface area contributed by atoms with E-state index < -0.39 is 0 Å². The van der Waals surface area contributed by atoms with Gasteiger partial charge < -0.3 is 4.74 Å².